The van der Waals surface area contributed by atoms with Crippen molar-refractivity contribution >= 4 is 21.6 Å². The van der Waals surface area contributed by atoms with Gasteiger partial charge in [0.2, 0.25) is 0 Å². The van der Waals surface area contributed by atoms with Gasteiger partial charge in [0.1, 0.15) is 0 Å². The monoisotopic (exact) mass is 297 g/mol. The van der Waals surface area contributed by atoms with Gasteiger partial charge in [0.25, 0.3) is 0 Å². The number of hydrogen-bond acceptors (Lipinski definition) is 2. The Morgan fingerprint density at radius 3 is 2.53 bits per heavy atom. The van der Waals surface area contributed by atoms with Gasteiger partial charge in [-0.15, -0.1) is 0 Å². The van der Waals surface area contributed by atoms with Crippen LogP contribution in [0.15, 0.2) is 22.7 Å². The molecule has 1 aliphatic rings. The summed E-state index contributed by atoms with van der Waals surface area (Å²) >= 11 is 3.51. The van der Waals surface area contributed by atoms with Gasteiger partial charge in [0, 0.05) is 28.8 Å². The minimum Gasteiger partial charge on any atom is -0.392 e. The third-order valence-corrected chi connectivity index (χ3v) is 4.17. The van der Waals surface area contributed by atoms with Crippen molar-refractivity contribution in [3.63, 3.8) is 0 Å². The summed E-state index contributed by atoms with van der Waals surface area (Å²) in [7, 11) is 0. The summed E-state index contributed by atoms with van der Waals surface area (Å²) in [5.74, 6) is 0. The molecule has 0 saturated carbocycles. The molecule has 2 nitrogen and oxygen atoms in total. The third-order valence-electron chi connectivity index (χ3n) is 3.68. The van der Waals surface area contributed by atoms with E-state index in [1.807, 2.05) is 12.1 Å². The Hall–Kier alpha value is -0.540. The summed E-state index contributed by atoms with van der Waals surface area (Å²) in [4.78, 5) is 2.39. The van der Waals surface area contributed by atoms with Crippen LogP contribution < -0.4 is 4.90 Å². The smallest absolute Gasteiger partial charge is 0.0702 e. The molecule has 1 fully saturated rings. The zero-order valence-corrected chi connectivity index (χ0v) is 12.1. The van der Waals surface area contributed by atoms with Gasteiger partial charge in [0.15, 0.2) is 0 Å². The Bertz CT molecular complexity index is 393. The van der Waals surface area contributed by atoms with Crippen molar-refractivity contribution in [2.75, 3.05) is 18.0 Å². The molecule has 94 valence electrons. The van der Waals surface area contributed by atoms with Crippen LogP contribution in [-0.4, -0.2) is 18.2 Å². The first-order valence-electron chi connectivity index (χ1n) is 6.16. The molecule has 0 amide bonds. The first kappa shape index (κ1) is 12.9. The lowest BCUT2D eigenvalue weighted by atomic mass is 9.82. The van der Waals surface area contributed by atoms with Gasteiger partial charge in [-0.3, -0.25) is 0 Å². The molecule has 0 unspecified atom stereocenters. The summed E-state index contributed by atoms with van der Waals surface area (Å²) in [6, 6.07) is 6.10. The Balaban J connectivity index is 2.20. The van der Waals surface area contributed by atoms with Crippen LogP contribution in [0.1, 0.15) is 32.3 Å². The summed E-state index contributed by atoms with van der Waals surface area (Å²) in [5, 5.41) is 9.40. The average molecular weight is 298 g/mol. The number of hydrogen-bond donors (Lipinski definition) is 1. The Kier molecular flexibility index (Phi) is 3.79. The molecule has 17 heavy (non-hydrogen) atoms. The highest BCUT2D eigenvalue weighted by molar-refractivity contribution is 9.10. The number of nitrogens with zero attached hydrogens (tertiary/aromatic N) is 1. The SMILES string of the molecule is CC1(C)CCN(c2cc(Br)ccc2CO)CC1. The maximum atomic E-state index is 9.40. The molecule has 1 heterocycles. The zero-order chi connectivity index (χ0) is 12.5. The molecule has 0 atom stereocenters. The molecule has 0 aromatic heterocycles. The molecule has 0 aliphatic carbocycles. The average Bonchev–Trinajstić information content (AvgIpc) is 2.29. The minimum atomic E-state index is 0.114. The van der Waals surface area contributed by atoms with E-state index in [0.29, 0.717) is 5.41 Å². The van der Waals surface area contributed by atoms with Gasteiger partial charge < -0.3 is 10.0 Å². The Labute approximate surface area is 112 Å². The topological polar surface area (TPSA) is 23.5 Å². The van der Waals surface area contributed by atoms with Crippen molar-refractivity contribution in [2.24, 2.45) is 5.41 Å². The van der Waals surface area contributed by atoms with Gasteiger partial charge in [-0.05, 0) is 30.4 Å². The molecule has 0 spiro atoms. The lowest BCUT2D eigenvalue weighted by Crippen LogP contribution is -2.37. The van der Waals surface area contributed by atoms with Crippen molar-refractivity contribution in [1.82, 2.24) is 0 Å². The van der Waals surface area contributed by atoms with Gasteiger partial charge >= 0.3 is 0 Å². The molecule has 1 saturated heterocycles. The van der Waals surface area contributed by atoms with Crippen molar-refractivity contribution in [3.8, 4) is 0 Å². The standard InChI is InChI=1S/C14H20BrNO/c1-14(2)5-7-16(8-6-14)13-9-12(15)4-3-11(13)10-17/h3-4,9,17H,5-8,10H2,1-2H3. The van der Waals surface area contributed by atoms with Crippen LogP contribution in [-0.2, 0) is 6.61 Å². The number of aliphatic hydroxyl groups is 1. The Morgan fingerprint density at radius 2 is 1.94 bits per heavy atom. The molecular weight excluding hydrogens is 278 g/mol. The highest BCUT2D eigenvalue weighted by Gasteiger charge is 2.26. The van der Waals surface area contributed by atoms with E-state index < -0.39 is 0 Å². The highest BCUT2D eigenvalue weighted by Crippen LogP contribution is 2.34. The summed E-state index contributed by atoms with van der Waals surface area (Å²) in [6.45, 7) is 6.94. The second-order valence-corrected chi connectivity index (χ2v) is 6.50. The molecule has 3 heteroatoms. The predicted octanol–water partition coefficient (Wildman–Crippen LogP) is 3.57. The van der Waals surface area contributed by atoms with Crippen molar-refractivity contribution in [3.05, 3.63) is 28.2 Å². The highest BCUT2D eigenvalue weighted by atomic mass is 79.9. The maximum Gasteiger partial charge on any atom is 0.0702 e. The van der Waals surface area contributed by atoms with Gasteiger partial charge in [-0.1, -0.05) is 35.8 Å². The number of halogens is 1. The van der Waals surface area contributed by atoms with E-state index in [9.17, 15) is 5.11 Å². The first-order chi connectivity index (χ1) is 8.02. The normalized spacial score (nSPS) is 19.4. The fourth-order valence-electron chi connectivity index (χ4n) is 2.32. The number of aliphatic hydroxyl groups excluding tert-OH is 1. The fourth-order valence-corrected chi connectivity index (χ4v) is 2.67. The number of anilines is 1. The van der Waals surface area contributed by atoms with Gasteiger partial charge in [0.05, 0.1) is 6.61 Å². The van der Waals surface area contributed by atoms with Crippen LogP contribution in [0.25, 0.3) is 0 Å². The Morgan fingerprint density at radius 1 is 1.29 bits per heavy atom. The van der Waals surface area contributed by atoms with Crippen molar-refractivity contribution in [2.45, 2.75) is 33.3 Å². The third kappa shape index (κ3) is 3.02. The summed E-state index contributed by atoms with van der Waals surface area (Å²) < 4.78 is 1.08. The molecule has 1 N–H and O–H groups in total. The lowest BCUT2D eigenvalue weighted by Gasteiger charge is -2.39. The molecule has 2 rings (SSSR count). The van der Waals surface area contributed by atoms with Crippen LogP contribution in [0.4, 0.5) is 5.69 Å². The van der Waals surface area contributed by atoms with Gasteiger partial charge in [-0.2, -0.15) is 0 Å². The van der Waals surface area contributed by atoms with Crippen molar-refractivity contribution < 1.29 is 5.11 Å². The number of rotatable bonds is 2. The van der Waals surface area contributed by atoms with E-state index in [2.05, 4.69) is 40.7 Å². The zero-order valence-electron chi connectivity index (χ0n) is 10.5. The second-order valence-electron chi connectivity index (χ2n) is 5.58. The fraction of sp³-hybridized carbons (Fsp3) is 0.571. The molecule has 1 aromatic carbocycles. The van der Waals surface area contributed by atoms with Crippen molar-refractivity contribution in [1.29, 1.82) is 0 Å². The quantitative estimate of drug-likeness (QED) is 0.902. The first-order valence-corrected chi connectivity index (χ1v) is 6.95. The lowest BCUT2D eigenvalue weighted by molar-refractivity contribution is 0.273. The van der Waals surface area contributed by atoms with E-state index >= 15 is 0 Å². The van der Waals surface area contributed by atoms with Gasteiger partial charge in [-0.25, -0.2) is 0 Å². The second kappa shape index (κ2) is 4.99. The van der Waals surface area contributed by atoms with Crippen LogP contribution in [0.3, 0.4) is 0 Å². The number of piperidine rings is 1. The predicted molar refractivity (Wildman–Crippen MR) is 75.3 cm³/mol. The van der Waals surface area contributed by atoms with E-state index in [0.717, 1.165) is 23.1 Å². The van der Waals surface area contributed by atoms with E-state index in [4.69, 9.17) is 0 Å². The molecule has 0 radical (unpaired) electrons. The van der Waals surface area contributed by atoms with E-state index in [1.165, 1.54) is 18.5 Å². The van der Waals surface area contributed by atoms with Crippen LogP contribution in [0.5, 0.6) is 0 Å². The molecule has 1 aromatic rings. The largest absolute Gasteiger partial charge is 0.392 e. The van der Waals surface area contributed by atoms with Crippen LogP contribution in [0.2, 0.25) is 0 Å². The molecule has 1 aliphatic heterocycles. The summed E-state index contributed by atoms with van der Waals surface area (Å²) in [5.41, 5.74) is 2.66. The molecule has 0 bridgehead atoms. The van der Waals surface area contributed by atoms with Crippen LogP contribution in [0, 0.1) is 5.41 Å². The van der Waals surface area contributed by atoms with E-state index in [1.54, 1.807) is 0 Å². The van der Waals surface area contributed by atoms with Crippen LogP contribution >= 0.6 is 15.9 Å². The minimum absolute atomic E-state index is 0.114. The summed E-state index contributed by atoms with van der Waals surface area (Å²) in [6.07, 6.45) is 2.43. The maximum absolute atomic E-state index is 9.40. The molecular formula is C14H20BrNO. The van der Waals surface area contributed by atoms with E-state index in [-0.39, 0.29) is 6.61 Å². The number of benzene rings is 1.